The Balaban J connectivity index is 1.78. The van der Waals surface area contributed by atoms with Crippen molar-refractivity contribution >= 4 is 6.01 Å². The van der Waals surface area contributed by atoms with E-state index in [1.165, 1.54) is 25.7 Å². The summed E-state index contributed by atoms with van der Waals surface area (Å²) < 4.78 is 5.68. The first kappa shape index (κ1) is 14.3. The summed E-state index contributed by atoms with van der Waals surface area (Å²) in [5.41, 5.74) is 0. The van der Waals surface area contributed by atoms with Crippen molar-refractivity contribution in [2.75, 3.05) is 25.0 Å². The van der Waals surface area contributed by atoms with Crippen molar-refractivity contribution in [2.24, 2.45) is 11.8 Å². The number of hydrogen-bond donors (Lipinski definition) is 1. The predicted molar refractivity (Wildman–Crippen MR) is 76.1 cm³/mol. The molecular weight excluding hydrogens is 240 g/mol. The minimum absolute atomic E-state index is 0.632. The van der Waals surface area contributed by atoms with Crippen LogP contribution in [-0.4, -0.2) is 30.3 Å². The number of aromatic nitrogens is 2. The van der Waals surface area contributed by atoms with Crippen LogP contribution in [0.1, 0.15) is 45.4 Å². The number of nitrogens with zero attached hydrogens (tertiary/aromatic N) is 3. The van der Waals surface area contributed by atoms with E-state index in [4.69, 9.17) is 4.42 Å². The van der Waals surface area contributed by atoms with Gasteiger partial charge < -0.3 is 14.6 Å². The predicted octanol–water partition coefficient (Wildman–Crippen LogP) is 2.44. The van der Waals surface area contributed by atoms with Crippen molar-refractivity contribution in [2.45, 2.75) is 46.1 Å². The molecule has 1 aromatic rings. The Labute approximate surface area is 115 Å². The second kappa shape index (κ2) is 6.89. The zero-order chi connectivity index (χ0) is 13.7. The minimum Gasteiger partial charge on any atom is -0.407 e. The van der Waals surface area contributed by atoms with Crippen molar-refractivity contribution in [3.05, 3.63) is 5.89 Å². The topological polar surface area (TPSA) is 54.2 Å². The zero-order valence-electron chi connectivity index (χ0n) is 12.4. The number of rotatable bonds is 7. The van der Waals surface area contributed by atoms with Gasteiger partial charge in [-0.25, -0.2) is 0 Å². The molecule has 0 atom stereocenters. The fourth-order valence-corrected chi connectivity index (χ4v) is 2.60. The first-order valence-corrected chi connectivity index (χ1v) is 7.39. The molecule has 0 aliphatic heterocycles. The maximum absolute atomic E-state index is 5.68. The summed E-state index contributed by atoms with van der Waals surface area (Å²) >= 11 is 0. The van der Waals surface area contributed by atoms with Crippen LogP contribution in [0.25, 0.3) is 0 Å². The maximum Gasteiger partial charge on any atom is 0.317 e. The van der Waals surface area contributed by atoms with E-state index in [2.05, 4.69) is 34.3 Å². The van der Waals surface area contributed by atoms with Crippen LogP contribution < -0.4 is 10.2 Å². The smallest absolute Gasteiger partial charge is 0.317 e. The Hall–Kier alpha value is -1.10. The van der Waals surface area contributed by atoms with Gasteiger partial charge in [0.05, 0.1) is 6.54 Å². The van der Waals surface area contributed by atoms with E-state index in [0.717, 1.165) is 19.0 Å². The van der Waals surface area contributed by atoms with Gasteiger partial charge in [-0.1, -0.05) is 31.8 Å². The lowest BCUT2D eigenvalue weighted by Crippen LogP contribution is -2.24. The Morgan fingerprint density at radius 1 is 1.32 bits per heavy atom. The van der Waals surface area contributed by atoms with Crippen LogP contribution in [0.5, 0.6) is 0 Å². The van der Waals surface area contributed by atoms with Gasteiger partial charge in [-0.15, -0.1) is 5.10 Å². The van der Waals surface area contributed by atoms with Gasteiger partial charge in [0.1, 0.15) is 0 Å². The standard InChI is InChI=1S/C14H26N4O/c1-11(2)8-15-9-13-16-17-14(19-13)18(3)10-12-6-4-5-7-12/h11-12,15H,4-10H2,1-3H3. The van der Waals surface area contributed by atoms with Gasteiger partial charge in [0.2, 0.25) is 5.89 Å². The molecule has 1 fully saturated rings. The average Bonchev–Trinajstić information content (AvgIpc) is 2.99. The van der Waals surface area contributed by atoms with E-state index in [-0.39, 0.29) is 0 Å². The molecular formula is C14H26N4O. The molecule has 0 unspecified atom stereocenters. The van der Waals surface area contributed by atoms with Crippen LogP contribution in [0.4, 0.5) is 6.01 Å². The summed E-state index contributed by atoms with van der Waals surface area (Å²) in [5, 5.41) is 11.5. The molecule has 0 aromatic carbocycles. The molecule has 108 valence electrons. The van der Waals surface area contributed by atoms with Crippen molar-refractivity contribution in [3.63, 3.8) is 0 Å². The van der Waals surface area contributed by atoms with E-state index in [9.17, 15) is 0 Å². The zero-order valence-corrected chi connectivity index (χ0v) is 12.4. The van der Waals surface area contributed by atoms with Gasteiger partial charge in [-0.05, 0) is 31.2 Å². The lowest BCUT2D eigenvalue weighted by Gasteiger charge is -2.18. The lowest BCUT2D eigenvalue weighted by atomic mass is 10.1. The Morgan fingerprint density at radius 2 is 2.05 bits per heavy atom. The van der Waals surface area contributed by atoms with E-state index >= 15 is 0 Å². The van der Waals surface area contributed by atoms with Crippen molar-refractivity contribution in [1.29, 1.82) is 0 Å². The Bertz CT molecular complexity index is 371. The lowest BCUT2D eigenvalue weighted by molar-refractivity contribution is 0.441. The molecule has 1 aromatic heterocycles. The first-order chi connectivity index (χ1) is 9.15. The summed E-state index contributed by atoms with van der Waals surface area (Å²) in [5.74, 6) is 2.10. The van der Waals surface area contributed by atoms with Gasteiger partial charge in [0.15, 0.2) is 0 Å². The molecule has 19 heavy (non-hydrogen) atoms. The average molecular weight is 266 g/mol. The van der Waals surface area contributed by atoms with E-state index in [1.807, 2.05) is 7.05 Å². The van der Waals surface area contributed by atoms with Crippen LogP contribution in [0.3, 0.4) is 0 Å². The molecule has 0 bridgehead atoms. The van der Waals surface area contributed by atoms with E-state index in [1.54, 1.807) is 0 Å². The fourth-order valence-electron chi connectivity index (χ4n) is 2.60. The van der Waals surface area contributed by atoms with Crippen molar-refractivity contribution in [3.8, 4) is 0 Å². The van der Waals surface area contributed by atoms with Gasteiger partial charge in [-0.2, -0.15) is 0 Å². The molecule has 0 spiro atoms. The second-order valence-electron chi connectivity index (χ2n) is 6.03. The first-order valence-electron chi connectivity index (χ1n) is 7.39. The van der Waals surface area contributed by atoms with Crippen molar-refractivity contribution < 1.29 is 4.42 Å². The minimum atomic E-state index is 0.632. The molecule has 0 saturated heterocycles. The highest BCUT2D eigenvalue weighted by Crippen LogP contribution is 2.26. The van der Waals surface area contributed by atoms with Crippen LogP contribution in [0.2, 0.25) is 0 Å². The van der Waals surface area contributed by atoms with Gasteiger partial charge >= 0.3 is 6.01 Å². The quantitative estimate of drug-likeness (QED) is 0.821. The molecule has 2 rings (SSSR count). The summed E-state index contributed by atoms with van der Waals surface area (Å²) in [6.07, 6.45) is 5.40. The number of nitrogens with one attached hydrogen (secondary N) is 1. The number of anilines is 1. The molecule has 5 nitrogen and oxygen atoms in total. The second-order valence-corrected chi connectivity index (χ2v) is 6.03. The Morgan fingerprint density at radius 3 is 2.74 bits per heavy atom. The fraction of sp³-hybridized carbons (Fsp3) is 0.857. The third-order valence-electron chi connectivity index (χ3n) is 3.62. The monoisotopic (exact) mass is 266 g/mol. The largest absolute Gasteiger partial charge is 0.407 e. The molecule has 1 N–H and O–H groups in total. The molecule has 0 amide bonds. The van der Waals surface area contributed by atoms with Gasteiger partial charge in [0, 0.05) is 13.6 Å². The maximum atomic E-state index is 5.68. The third kappa shape index (κ3) is 4.49. The van der Waals surface area contributed by atoms with Crippen molar-refractivity contribution in [1.82, 2.24) is 15.5 Å². The molecule has 1 aliphatic carbocycles. The summed E-state index contributed by atoms with van der Waals surface area (Å²) in [4.78, 5) is 2.09. The molecule has 1 heterocycles. The highest BCUT2D eigenvalue weighted by Gasteiger charge is 2.19. The third-order valence-corrected chi connectivity index (χ3v) is 3.62. The summed E-state index contributed by atoms with van der Waals surface area (Å²) in [6.45, 7) is 7.02. The van der Waals surface area contributed by atoms with Crippen LogP contribution >= 0.6 is 0 Å². The summed E-state index contributed by atoms with van der Waals surface area (Å²) in [6, 6.07) is 0.647. The van der Waals surface area contributed by atoms with Crippen LogP contribution in [0.15, 0.2) is 4.42 Å². The van der Waals surface area contributed by atoms with Gasteiger partial charge in [0.25, 0.3) is 0 Å². The highest BCUT2D eigenvalue weighted by molar-refractivity contribution is 5.22. The Kier molecular flexibility index (Phi) is 5.19. The molecule has 0 radical (unpaired) electrons. The molecule has 5 heteroatoms. The SMILES string of the molecule is CC(C)CNCc1nnc(N(C)CC2CCCC2)o1. The molecule has 1 aliphatic rings. The summed E-state index contributed by atoms with van der Waals surface area (Å²) in [7, 11) is 2.04. The number of hydrogen-bond acceptors (Lipinski definition) is 5. The van der Waals surface area contributed by atoms with E-state index < -0.39 is 0 Å². The molecule has 1 saturated carbocycles. The van der Waals surface area contributed by atoms with Crippen LogP contribution in [0, 0.1) is 11.8 Å². The van der Waals surface area contributed by atoms with Crippen LogP contribution in [-0.2, 0) is 6.54 Å². The highest BCUT2D eigenvalue weighted by atomic mass is 16.4. The normalized spacial score (nSPS) is 16.4. The van der Waals surface area contributed by atoms with Gasteiger partial charge in [-0.3, -0.25) is 0 Å². The van der Waals surface area contributed by atoms with E-state index in [0.29, 0.717) is 24.4 Å².